The maximum atomic E-state index is 12.7. The summed E-state index contributed by atoms with van der Waals surface area (Å²) in [6.07, 6.45) is 2.22. The van der Waals surface area contributed by atoms with Crippen LogP contribution in [0.5, 0.6) is 5.75 Å². The van der Waals surface area contributed by atoms with Gasteiger partial charge in [-0.3, -0.25) is 9.69 Å². The maximum Gasteiger partial charge on any atom is 0.325 e. The molecule has 0 aliphatic carbocycles. The van der Waals surface area contributed by atoms with E-state index in [2.05, 4.69) is 6.92 Å². The molecule has 0 aromatic heterocycles. The molecule has 6 nitrogen and oxygen atoms in total. The van der Waals surface area contributed by atoms with E-state index >= 15 is 0 Å². The van der Waals surface area contributed by atoms with Gasteiger partial charge in [-0.15, -0.1) is 0 Å². The van der Waals surface area contributed by atoms with E-state index in [1.165, 1.54) is 6.42 Å². The highest BCUT2D eigenvalue weighted by molar-refractivity contribution is 5.97. The van der Waals surface area contributed by atoms with E-state index < -0.39 is 0 Å². The van der Waals surface area contributed by atoms with Crippen LogP contribution < -0.4 is 9.64 Å². The van der Waals surface area contributed by atoms with E-state index in [1.807, 2.05) is 29.2 Å². The van der Waals surface area contributed by atoms with Gasteiger partial charge in [-0.25, -0.2) is 4.79 Å². The lowest BCUT2D eigenvalue weighted by Crippen LogP contribution is -2.45. The average Bonchev–Trinajstić information content (AvgIpc) is 2.95. The van der Waals surface area contributed by atoms with E-state index in [4.69, 9.17) is 4.74 Å². The molecule has 2 saturated heterocycles. The number of hydrogen-bond donors (Lipinski definition) is 0. The molecule has 1 aromatic rings. The molecule has 1 atom stereocenters. The Morgan fingerprint density at radius 2 is 2.04 bits per heavy atom. The Morgan fingerprint density at radius 1 is 1.25 bits per heavy atom. The Kier molecular flexibility index (Phi) is 4.92. The second kappa shape index (κ2) is 7.11. The molecular formula is C18H25N3O3. The molecule has 130 valence electrons. The first kappa shape index (κ1) is 16.6. The van der Waals surface area contributed by atoms with Crippen molar-refractivity contribution in [2.45, 2.75) is 19.8 Å². The van der Waals surface area contributed by atoms with Crippen LogP contribution in [0, 0.1) is 5.92 Å². The number of ether oxygens (including phenoxy) is 1. The van der Waals surface area contributed by atoms with Crippen LogP contribution in [0.3, 0.4) is 0 Å². The SMILES string of the molecule is COc1ccccc1N1CCN(CC(=O)N2CCCC(C)C2)C1=O. The van der Waals surface area contributed by atoms with Crippen LogP contribution in [-0.4, -0.2) is 61.6 Å². The maximum absolute atomic E-state index is 12.7. The Hall–Kier alpha value is -2.24. The summed E-state index contributed by atoms with van der Waals surface area (Å²) in [4.78, 5) is 30.4. The highest BCUT2D eigenvalue weighted by atomic mass is 16.5. The van der Waals surface area contributed by atoms with Crippen LogP contribution >= 0.6 is 0 Å². The van der Waals surface area contributed by atoms with Crippen LogP contribution in [0.25, 0.3) is 0 Å². The summed E-state index contributed by atoms with van der Waals surface area (Å²) >= 11 is 0. The van der Waals surface area contributed by atoms with Crippen LogP contribution in [0.4, 0.5) is 10.5 Å². The van der Waals surface area contributed by atoms with E-state index in [9.17, 15) is 9.59 Å². The fourth-order valence-electron chi connectivity index (χ4n) is 3.48. The molecule has 1 unspecified atom stereocenters. The minimum atomic E-state index is -0.127. The van der Waals surface area contributed by atoms with Gasteiger partial charge in [0, 0.05) is 26.2 Å². The predicted molar refractivity (Wildman–Crippen MR) is 92.3 cm³/mol. The topological polar surface area (TPSA) is 53.1 Å². The number of amides is 3. The zero-order chi connectivity index (χ0) is 17.1. The Bertz CT molecular complexity index is 619. The van der Waals surface area contributed by atoms with Gasteiger partial charge in [-0.05, 0) is 30.9 Å². The van der Waals surface area contributed by atoms with E-state index in [0.29, 0.717) is 24.8 Å². The molecule has 0 bridgehead atoms. The van der Waals surface area contributed by atoms with Crippen molar-refractivity contribution in [1.82, 2.24) is 9.80 Å². The number of likely N-dealkylation sites (tertiary alicyclic amines) is 1. The lowest BCUT2D eigenvalue weighted by molar-refractivity contribution is -0.133. The van der Waals surface area contributed by atoms with Gasteiger partial charge in [0.1, 0.15) is 12.3 Å². The Morgan fingerprint density at radius 3 is 2.79 bits per heavy atom. The number of piperidine rings is 1. The number of anilines is 1. The second-order valence-corrected chi connectivity index (χ2v) is 6.61. The van der Waals surface area contributed by atoms with Gasteiger partial charge in [0.25, 0.3) is 0 Å². The number of para-hydroxylation sites is 2. The van der Waals surface area contributed by atoms with Crippen molar-refractivity contribution in [1.29, 1.82) is 0 Å². The lowest BCUT2D eigenvalue weighted by atomic mass is 10.0. The molecule has 2 heterocycles. The quantitative estimate of drug-likeness (QED) is 0.850. The summed E-state index contributed by atoms with van der Waals surface area (Å²) in [6.45, 7) is 5.08. The summed E-state index contributed by atoms with van der Waals surface area (Å²) in [5.41, 5.74) is 0.756. The van der Waals surface area contributed by atoms with Crippen LogP contribution in [-0.2, 0) is 4.79 Å². The summed E-state index contributed by atoms with van der Waals surface area (Å²) in [7, 11) is 1.60. The molecule has 2 fully saturated rings. The average molecular weight is 331 g/mol. The van der Waals surface area contributed by atoms with Crippen molar-refractivity contribution < 1.29 is 14.3 Å². The molecule has 6 heteroatoms. The van der Waals surface area contributed by atoms with Crippen molar-refractivity contribution in [3.63, 3.8) is 0 Å². The number of hydrogen-bond acceptors (Lipinski definition) is 3. The largest absolute Gasteiger partial charge is 0.495 e. The van der Waals surface area contributed by atoms with E-state index in [-0.39, 0.29) is 18.5 Å². The molecule has 1 aromatic carbocycles. The zero-order valence-corrected chi connectivity index (χ0v) is 14.4. The normalized spacial score (nSPS) is 21.3. The Labute approximate surface area is 143 Å². The van der Waals surface area contributed by atoms with Crippen LogP contribution in [0.1, 0.15) is 19.8 Å². The third kappa shape index (κ3) is 3.32. The lowest BCUT2D eigenvalue weighted by Gasteiger charge is -2.32. The number of nitrogens with zero attached hydrogens (tertiary/aromatic N) is 3. The molecule has 0 N–H and O–H groups in total. The third-order valence-corrected chi connectivity index (χ3v) is 4.81. The van der Waals surface area contributed by atoms with Crippen molar-refractivity contribution >= 4 is 17.6 Å². The molecule has 3 rings (SSSR count). The minimum absolute atomic E-state index is 0.0526. The van der Waals surface area contributed by atoms with Crippen molar-refractivity contribution in [2.75, 3.05) is 44.7 Å². The first-order chi connectivity index (χ1) is 11.6. The highest BCUT2D eigenvalue weighted by Crippen LogP contribution is 2.30. The molecule has 3 amide bonds. The molecule has 0 saturated carbocycles. The van der Waals surface area contributed by atoms with Gasteiger partial charge in [0.15, 0.2) is 0 Å². The summed E-state index contributed by atoms with van der Waals surface area (Å²) in [5.74, 6) is 1.27. The van der Waals surface area contributed by atoms with Gasteiger partial charge >= 0.3 is 6.03 Å². The molecule has 0 spiro atoms. The molecule has 0 radical (unpaired) electrons. The molecule has 2 aliphatic rings. The smallest absolute Gasteiger partial charge is 0.325 e. The van der Waals surface area contributed by atoms with Crippen LogP contribution in [0.2, 0.25) is 0 Å². The molecular weight excluding hydrogens is 306 g/mol. The summed E-state index contributed by atoms with van der Waals surface area (Å²) < 4.78 is 5.34. The van der Waals surface area contributed by atoms with Gasteiger partial charge in [-0.1, -0.05) is 19.1 Å². The fourth-order valence-corrected chi connectivity index (χ4v) is 3.48. The van der Waals surface area contributed by atoms with E-state index in [1.54, 1.807) is 16.9 Å². The number of benzene rings is 1. The minimum Gasteiger partial charge on any atom is -0.495 e. The van der Waals surface area contributed by atoms with Gasteiger partial charge in [0.2, 0.25) is 5.91 Å². The monoisotopic (exact) mass is 331 g/mol. The zero-order valence-electron chi connectivity index (χ0n) is 14.4. The number of rotatable bonds is 4. The van der Waals surface area contributed by atoms with Gasteiger partial charge in [0.05, 0.1) is 12.8 Å². The second-order valence-electron chi connectivity index (χ2n) is 6.61. The standard InChI is InChI=1S/C18H25N3O3/c1-14-6-5-9-19(12-14)17(22)13-20-10-11-21(18(20)23)15-7-3-4-8-16(15)24-2/h3-4,7-8,14H,5-6,9-13H2,1-2H3. The van der Waals surface area contributed by atoms with Gasteiger partial charge in [-0.2, -0.15) is 0 Å². The van der Waals surface area contributed by atoms with Crippen molar-refractivity contribution in [3.8, 4) is 5.75 Å². The number of carbonyl (C=O) groups is 2. The first-order valence-corrected chi connectivity index (χ1v) is 8.57. The highest BCUT2D eigenvalue weighted by Gasteiger charge is 2.33. The number of methoxy groups -OCH3 is 1. The predicted octanol–water partition coefficient (Wildman–Crippen LogP) is 2.20. The van der Waals surface area contributed by atoms with E-state index in [0.717, 1.165) is 25.2 Å². The first-order valence-electron chi connectivity index (χ1n) is 8.57. The van der Waals surface area contributed by atoms with Crippen molar-refractivity contribution in [3.05, 3.63) is 24.3 Å². The van der Waals surface area contributed by atoms with Gasteiger partial charge < -0.3 is 14.5 Å². The molecule has 2 aliphatic heterocycles. The molecule has 24 heavy (non-hydrogen) atoms. The fraction of sp³-hybridized carbons (Fsp3) is 0.556. The van der Waals surface area contributed by atoms with Crippen molar-refractivity contribution in [2.24, 2.45) is 5.92 Å². The number of carbonyl (C=O) groups excluding carboxylic acids is 2. The third-order valence-electron chi connectivity index (χ3n) is 4.81. The summed E-state index contributed by atoms with van der Waals surface area (Å²) in [6, 6.07) is 7.34. The van der Waals surface area contributed by atoms with Crippen LogP contribution in [0.15, 0.2) is 24.3 Å². The Balaban J connectivity index is 1.65. The summed E-state index contributed by atoms with van der Waals surface area (Å²) in [5, 5.41) is 0. The number of urea groups is 1.